The molecule has 0 spiro atoms. The highest BCUT2D eigenvalue weighted by atomic mass is 15.3. The van der Waals surface area contributed by atoms with Gasteiger partial charge in [0.15, 0.2) is 0 Å². The minimum atomic E-state index is 0.347. The number of nitrogens with zero attached hydrogens (tertiary/aromatic N) is 3. The summed E-state index contributed by atoms with van der Waals surface area (Å²) in [6.45, 7) is 8.93. The van der Waals surface area contributed by atoms with Crippen molar-refractivity contribution in [3.05, 3.63) is 24.3 Å². The van der Waals surface area contributed by atoms with Crippen LogP contribution in [0.25, 0.3) is 0 Å². The van der Waals surface area contributed by atoms with Crippen molar-refractivity contribution in [3.8, 4) is 0 Å². The molecule has 1 aromatic heterocycles. The first-order chi connectivity index (χ1) is 8.76. The summed E-state index contributed by atoms with van der Waals surface area (Å²) in [5, 5.41) is 3.63. The van der Waals surface area contributed by atoms with E-state index >= 15 is 0 Å². The quantitative estimate of drug-likeness (QED) is 0.885. The molecule has 18 heavy (non-hydrogen) atoms. The fourth-order valence-electron chi connectivity index (χ4n) is 2.71. The van der Waals surface area contributed by atoms with Gasteiger partial charge in [-0.2, -0.15) is 0 Å². The molecule has 1 saturated heterocycles. The maximum Gasteiger partial charge on any atom is 0.0755 e. The molecule has 2 heterocycles. The van der Waals surface area contributed by atoms with Gasteiger partial charge in [0.2, 0.25) is 0 Å². The van der Waals surface area contributed by atoms with E-state index in [0.717, 1.165) is 18.8 Å². The van der Waals surface area contributed by atoms with E-state index in [1.54, 1.807) is 12.4 Å². The topological polar surface area (TPSA) is 41.1 Å². The molecule has 1 fully saturated rings. The van der Waals surface area contributed by atoms with Gasteiger partial charge in [-0.1, -0.05) is 13.8 Å². The van der Waals surface area contributed by atoms with Gasteiger partial charge in [0.05, 0.1) is 11.7 Å². The molecule has 100 valence electrons. The summed E-state index contributed by atoms with van der Waals surface area (Å²) in [6, 6.07) is 1.55. The van der Waals surface area contributed by atoms with Crippen LogP contribution in [-0.2, 0) is 0 Å². The van der Waals surface area contributed by atoms with Gasteiger partial charge in [0.1, 0.15) is 0 Å². The van der Waals surface area contributed by atoms with Crippen LogP contribution in [0.4, 0.5) is 0 Å². The third-order valence-corrected chi connectivity index (χ3v) is 4.02. The Morgan fingerprint density at radius 2 is 2.22 bits per heavy atom. The smallest absolute Gasteiger partial charge is 0.0755 e. The molecule has 0 amide bonds. The van der Waals surface area contributed by atoms with Gasteiger partial charge in [0, 0.05) is 43.8 Å². The van der Waals surface area contributed by atoms with Crippen LogP contribution in [0.5, 0.6) is 0 Å². The van der Waals surface area contributed by atoms with Crippen LogP contribution in [0.15, 0.2) is 18.6 Å². The molecule has 0 radical (unpaired) electrons. The summed E-state index contributed by atoms with van der Waals surface area (Å²) in [6.07, 6.45) is 7.76. The number of nitrogens with one attached hydrogen (secondary N) is 1. The van der Waals surface area contributed by atoms with Crippen molar-refractivity contribution < 1.29 is 0 Å². The fraction of sp³-hybridized carbons (Fsp3) is 0.714. The number of hydrogen-bond acceptors (Lipinski definition) is 4. The van der Waals surface area contributed by atoms with Crippen LogP contribution < -0.4 is 5.32 Å². The largest absolute Gasteiger partial charge is 0.311 e. The van der Waals surface area contributed by atoms with Gasteiger partial charge in [-0.05, 0) is 19.8 Å². The molecule has 0 bridgehead atoms. The molecule has 2 rings (SSSR count). The van der Waals surface area contributed by atoms with Crippen LogP contribution in [0, 0.1) is 0 Å². The average molecular weight is 248 g/mol. The second-order valence-corrected chi connectivity index (χ2v) is 5.08. The maximum absolute atomic E-state index is 4.45. The number of hydrogen-bond donors (Lipinski definition) is 1. The van der Waals surface area contributed by atoms with Gasteiger partial charge in [-0.3, -0.25) is 14.9 Å². The van der Waals surface area contributed by atoms with Gasteiger partial charge in [0.25, 0.3) is 0 Å². The molecule has 4 nitrogen and oxygen atoms in total. The van der Waals surface area contributed by atoms with Gasteiger partial charge in [-0.25, -0.2) is 0 Å². The first-order valence-electron chi connectivity index (χ1n) is 7.01. The lowest BCUT2D eigenvalue weighted by Gasteiger charge is -2.43. The molecular weight excluding hydrogens is 224 g/mol. The maximum atomic E-state index is 4.45. The Labute approximate surface area is 110 Å². The Kier molecular flexibility index (Phi) is 4.66. The van der Waals surface area contributed by atoms with Crippen LogP contribution in [0.2, 0.25) is 0 Å². The Hall–Kier alpha value is -1.00. The molecule has 3 unspecified atom stereocenters. The zero-order valence-corrected chi connectivity index (χ0v) is 11.6. The summed E-state index contributed by atoms with van der Waals surface area (Å²) in [5.41, 5.74) is 1.08. The van der Waals surface area contributed by atoms with Gasteiger partial charge >= 0.3 is 0 Å². The Bertz CT molecular complexity index is 354. The van der Waals surface area contributed by atoms with Crippen molar-refractivity contribution in [1.29, 1.82) is 0 Å². The van der Waals surface area contributed by atoms with Crippen LogP contribution >= 0.6 is 0 Å². The molecule has 1 N–H and O–H groups in total. The first kappa shape index (κ1) is 13.4. The second-order valence-electron chi connectivity index (χ2n) is 5.08. The van der Waals surface area contributed by atoms with E-state index < -0.39 is 0 Å². The lowest BCUT2D eigenvalue weighted by atomic mass is 10.0. The number of aromatic nitrogens is 2. The molecule has 0 aromatic carbocycles. The zero-order valence-electron chi connectivity index (χ0n) is 11.6. The summed E-state index contributed by atoms with van der Waals surface area (Å²) in [4.78, 5) is 11.2. The van der Waals surface area contributed by atoms with E-state index in [1.807, 2.05) is 6.20 Å². The average Bonchev–Trinajstić information content (AvgIpc) is 2.46. The molecule has 3 atom stereocenters. The van der Waals surface area contributed by atoms with E-state index in [1.165, 1.54) is 12.8 Å². The number of piperazine rings is 1. The van der Waals surface area contributed by atoms with E-state index in [0.29, 0.717) is 18.1 Å². The van der Waals surface area contributed by atoms with E-state index in [4.69, 9.17) is 0 Å². The molecule has 1 aromatic rings. The third-order valence-electron chi connectivity index (χ3n) is 4.02. The SMILES string of the molecule is CCC1CN(C(C)c2cnccn2)C(CC)CN1. The van der Waals surface area contributed by atoms with Crippen molar-refractivity contribution in [1.82, 2.24) is 20.2 Å². The van der Waals surface area contributed by atoms with E-state index in [-0.39, 0.29) is 0 Å². The van der Waals surface area contributed by atoms with Crippen molar-refractivity contribution in [2.75, 3.05) is 13.1 Å². The summed E-state index contributed by atoms with van der Waals surface area (Å²) in [5.74, 6) is 0. The molecule has 4 heteroatoms. The Morgan fingerprint density at radius 3 is 2.83 bits per heavy atom. The van der Waals surface area contributed by atoms with Crippen LogP contribution in [0.3, 0.4) is 0 Å². The highest BCUT2D eigenvalue weighted by Gasteiger charge is 2.30. The van der Waals surface area contributed by atoms with Gasteiger partial charge < -0.3 is 5.32 Å². The third kappa shape index (κ3) is 2.87. The van der Waals surface area contributed by atoms with E-state index in [2.05, 4.69) is 41.0 Å². The van der Waals surface area contributed by atoms with Crippen LogP contribution in [-0.4, -0.2) is 40.0 Å². The first-order valence-corrected chi connectivity index (χ1v) is 7.01. The van der Waals surface area contributed by atoms with Crippen molar-refractivity contribution in [2.45, 2.75) is 51.7 Å². The lowest BCUT2D eigenvalue weighted by Crippen LogP contribution is -2.56. The standard InChI is InChI=1S/C14H24N4/c1-4-12-10-18(13(5-2)8-17-12)11(3)14-9-15-6-7-16-14/h6-7,9,11-13,17H,4-5,8,10H2,1-3H3. The number of rotatable bonds is 4. The van der Waals surface area contributed by atoms with Crippen molar-refractivity contribution in [2.24, 2.45) is 0 Å². The van der Waals surface area contributed by atoms with E-state index in [9.17, 15) is 0 Å². The molecule has 1 aliphatic heterocycles. The molecule has 1 aliphatic rings. The normalized spacial score (nSPS) is 27.1. The van der Waals surface area contributed by atoms with Crippen LogP contribution in [0.1, 0.15) is 45.3 Å². The zero-order chi connectivity index (χ0) is 13.0. The fourth-order valence-corrected chi connectivity index (χ4v) is 2.71. The summed E-state index contributed by atoms with van der Waals surface area (Å²) in [7, 11) is 0. The molecule has 0 aliphatic carbocycles. The monoisotopic (exact) mass is 248 g/mol. The van der Waals surface area contributed by atoms with Crippen molar-refractivity contribution in [3.63, 3.8) is 0 Å². The van der Waals surface area contributed by atoms with Gasteiger partial charge in [-0.15, -0.1) is 0 Å². The predicted molar refractivity (Wildman–Crippen MR) is 73.3 cm³/mol. The summed E-state index contributed by atoms with van der Waals surface area (Å²) < 4.78 is 0. The minimum absolute atomic E-state index is 0.347. The minimum Gasteiger partial charge on any atom is -0.311 e. The second kappa shape index (κ2) is 6.25. The molecular formula is C14H24N4. The highest BCUT2D eigenvalue weighted by Crippen LogP contribution is 2.24. The van der Waals surface area contributed by atoms with Crippen molar-refractivity contribution >= 4 is 0 Å². The Balaban J connectivity index is 2.12. The highest BCUT2D eigenvalue weighted by molar-refractivity contribution is 5.03. The lowest BCUT2D eigenvalue weighted by molar-refractivity contribution is 0.0830. The summed E-state index contributed by atoms with van der Waals surface area (Å²) >= 11 is 0. The predicted octanol–water partition coefficient (Wildman–Crippen LogP) is 2.00. The Morgan fingerprint density at radius 1 is 1.39 bits per heavy atom. The molecule has 0 saturated carbocycles.